The molecule has 0 radical (unpaired) electrons. The highest BCUT2D eigenvalue weighted by molar-refractivity contribution is 6.09. The number of fused-ring (bicyclic) bond motifs is 8. The van der Waals surface area contributed by atoms with Crippen LogP contribution in [0.2, 0.25) is 0 Å². The molecule has 4 aliphatic rings. The molecule has 0 spiro atoms. The van der Waals surface area contributed by atoms with Crippen LogP contribution in [-0.4, -0.2) is 60.9 Å². The number of nitrogens with zero attached hydrogens (tertiary/aromatic N) is 2. The fourth-order valence-electron chi connectivity index (χ4n) is 4.64. The number of carbonyl (C=O) groups is 3. The van der Waals surface area contributed by atoms with Gasteiger partial charge in [-0.05, 0) is 17.7 Å². The maximum Gasteiger partial charge on any atom is 0.337 e. The lowest BCUT2D eigenvalue weighted by Crippen LogP contribution is -2.45. The normalized spacial score (nSPS) is 36.7. The number of oxime groups is 1. The lowest BCUT2D eigenvalue weighted by atomic mass is 9.71. The van der Waals surface area contributed by atoms with Crippen molar-refractivity contribution in [3.8, 4) is 0 Å². The molecule has 2 bridgehead atoms. The largest absolute Gasteiger partial charge is 0.465 e. The van der Waals surface area contributed by atoms with Crippen LogP contribution in [0.15, 0.2) is 29.4 Å². The van der Waals surface area contributed by atoms with Gasteiger partial charge in [0.2, 0.25) is 11.8 Å². The number of likely N-dealkylation sites (tertiary alicyclic amines) is 1. The zero-order chi connectivity index (χ0) is 18.2. The summed E-state index contributed by atoms with van der Waals surface area (Å²) >= 11 is 0. The Hall–Kier alpha value is -2.74. The first-order valence-electron chi connectivity index (χ1n) is 8.42. The van der Waals surface area contributed by atoms with Gasteiger partial charge in [-0.25, -0.2) is 4.79 Å². The number of esters is 1. The van der Waals surface area contributed by atoms with Gasteiger partial charge in [0.15, 0.2) is 6.10 Å². The summed E-state index contributed by atoms with van der Waals surface area (Å²) in [5.74, 6) is -1.96. The summed E-state index contributed by atoms with van der Waals surface area (Å²) in [5, 5.41) is 4.21. The fourth-order valence-corrected chi connectivity index (χ4v) is 4.64. The molecule has 0 aliphatic carbocycles. The van der Waals surface area contributed by atoms with Crippen LogP contribution in [0.4, 0.5) is 0 Å². The van der Waals surface area contributed by atoms with E-state index in [9.17, 15) is 14.4 Å². The first-order chi connectivity index (χ1) is 12.5. The summed E-state index contributed by atoms with van der Waals surface area (Å²) in [6.07, 6.45) is -1.23. The number of hydrogen-bond donors (Lipinski definition) is 0. The van der Waals surface area contributed by atoms with Crippen molar-refractivity contribution in [2.24, 2.45) is 22.9 Å². The van der Waals surface area contributed by atoms with Crippen molar-refractivity contribution in [2.75, 3.05) is 14.2 Å². The van der Waals surface area contributed by atoms with Crippen molar-refractivity contribution in [2.45, 2.75) is 18.3 Å². The van der Waals surface area contributed by atoms with E-state index in [0.29, 0.717) is 11.3 Å². The van der Waals surface area contributed by atoms with Crippen LogP contribution in [0.1, 0.15) is 15.9 Å². The quantitative estimate of drug-likeness (QED) is 0.555. The molecule has 0 N–H and O–H groups in total. The van der Waals surface area contributed by atoms with E-state index in [-0.39, 0.29) is 23.8 Å². The molecule has 3 fully saturated rings. The molecule has 8 nitrogen and oxygen atoms in total. The predicted octanol–water partition coefficient (Wildman–Crippen LogP) is 0.204. The Morgan fingerprint density at radius 2 is 1.69 bits per heavy atom. The SMILES string of the molecule is COC(=O)c1ccc(C2=NOC3C4OC(C23)C2C(=O)N(C)C(=O)C42)cc1. The van der Waals surface area contributed by atoms with Gasteiger partial charge in [0.1, 0.15) is 6.10 Å². The van der Waals surface area contributed by atoms with Gasteiger partial charge in [-0.1, -0.05) is 17.3 Å². The van der Waals surface area contributed by atoms with Crippen molar-refractivity contribution < 1.29 is 28.7 Å². The minimum Gasteiger partial charge on any atom is -0.465 e. The maximum atomic E-state index is 12.5. The average molecular weight is 356 g/mol. The lowest BCUT2D eigenvalue weighted by molar-refractivity contribution is -0.141. The Balaban J connectivity index is 1.46. The zero-order valence-electron chi connectivity index (χ0n) is 14.1. The number of benzene rings is 1. The van der Waals surface area contributed by atoms with E-state index >= 15 is 0 Å². The van der Waals surface area contributed by atoms with Crippen LogP contribution in [0, 0.1) is 17.8 Å². The first kappa shape index (κ1) is 15.5. The number of amides is 2. The highest BCUT2D eigenvalue weighted by Gasteiger charge is 2.71. The third-order valence-corrected chi connectivity index (χ3v) is 5.86. The second kappa shape index (κ2) is 5.14. The number of methoxy groups -OCH3 is 1. The van der Waals surface area contributed by atoms with Crippen LogP contribution < -0.4 is 0 Å². The number of carbonyl (C=O) groups excluding carboxylic acids is 3. The van der Waals surface area contributed by atoms with Crippen molar-refractivity contribution >= 4 is 23.5 Å². The van der Waals surface area contributed by atoms with E-state index in [0.717, 1.165) is 5.56 Å². The zero-order valence-corrected chi connectivity index (χ0v) is 14.1. The molecular formula is C18H16N2O6. The van der Waals surface area contributed by atoms with E-state index in [1.165, 1.54) is 19.1 Å². The van der Waals surface area contributed by atoms with Gasteiger partial charge in [-0.3, -0.25) is 14.5 Å². The fraction of sp³-hybridized carbons (Fsp3) is 0.444. The summed E-state index contributed by atoms with van der Waals surface area (Å²) in [6, 6.07) is 6.86. The first-order valence-corrected chi connectivity index (χ1v) is 8.42. The second-order valence-electron chi connectivity index (χ2n) is 6.99. The summed E-state index contributed by atoms with van der Waals surface area (Å²) in [6.45, 7) is 0. The van der Waals surface area contributed by atoms with E-state index in [1.807, 2.05) is 0 Å². The Kier molecular flexibility index (Phi) is 3.06. The van der Waals surface area contributed by atoms with Crippen molar-refractivity contribution in [3.63, 3.8) is 0 Å². The second-order valence-corrected chi connectivity index (χ2v) is 6.99. The number of imide groups is 1. The van der Waals surface area contributed by atoms with Gasteiger partial charge in [-0.15, -0.1) is 0 Å². The van der Waals surface area contributed by atoms with Crippen LogP contribution in [0.5, 0.6) is 0 Å². The molecule has 0 saturated carbocycles. The molecule has 8 heteroatoms. The summed E-state index contributed by atoms with van der Waals surface area (Å²) in [7, 11) is 2.84. The van der Waals surface area contributed by atoms with Gasteiger partial charge < -0.3 is 14.3 Å². The van der Waals surface area contributed by atoms with Crippen LogP contribution in [0.25, 0.3) is 0 Å². The highest BCUT2D eigenvalue weighted by atomic mass is 16.7. The molecule has 4 heterocycles. The molecule has 5 rings (SSSR count). The summed E-state index contributed by atoms with van der Waals surface area (Å²) in [5.41, 5.74) is 1.92. The summed E-state index contributed by atoms with van der Waals surface area (Å²) in [4.78, 5) is 43.2. The lowest BCUT2D eigenvalue weighted by Gasteiger charge is -2.26. The Morgan fingerprint density at radius 1 is 1.04 bits per heavy atom. The van der Waals surface area contributed by atoms with Crippen LogP contribution in [-0.2, 0) is 23.9 Å². The Morgan fingerprint density at radius 3 is 2.35 bits per heavy atom. The van der Waals surface area contributed by atoms with Gasteiger partial charge in [0.25, 0.3) is 0 Å². The highest BCUT2D eigenvalue weighted by Crippen LogP contribution is 2.54. The number of rotatable bonds is 2. The third-order valence-electron chi connectivity index (χ3n) is 5.86. The molecule has 6 atom stereocenters. The monoisotopic (exact) mass is 356 g/mol. The maximum absolute atomic E-state index is 12.5. The predicted molar refractivity (Wildman–Crippen MR) is 86.1 cm³/mol. The van der Waals surface area contributed by atoms with Crippen molar-refractivity contribution in [1.82, 2.24) is 4.90 Å². The molecule has 134 valence electrons. The molecule has 1 aromatic carbocycles. The van der Waals surface area contributed by atoms with E-state index in [2.05, 4.69) is 5.16 Å². The van der Waals surface area contributed by atoms with Crippen LogP contribution >= 0.6 is 0 Å². The molecular weight excluding hydrogens is 340 g/mol. The van der Waals surface area contributed by atoms with Gasteiger partial charge in [0.05, 0.1) is 42.2 Å². The Bertz CT molecular complexity index is 863. The molecule has 3 saturated heterocycles. The molecule has 1 aromatic rings. The Labute approximate surface area is 148 Å². The molecule has 4 aliphatic heterocycles. The van der Waals surface area contributed by atoms with E-state index in [1.54, 1.807) is 24.3 Å². The van der Waals surface area contributed by atoms with Gasteiger partial charge in [0, 0.05) is 7.05 Å². The summed E-state index contributed by atoms with van der Waals surface area (Å²) < 4.78 is 10.7. The van der Waals surface area contributed by atoms with E-state index in [4.69, 9.17) is 14.3 Å². The van der Waals surface area contributed by atoms with Crippen molar-refractivity contribution in [1.29, 1.82) is 0 Å². The molecule has 26 heavy (non-hydrogen) atoms. The van der Waals surface area contributed by atoms with Gasteiger partial charge in [-0.2, -0.15) is 0 Å². The standard InChI is InChI=1S/C18H16N2O6/c1-20-16(21)9-10(17(20)22)14-15-11(13(9)25-14)12(19-26-15)7-3-5-8(6-4-7)18(23)24-2/h3-6,9-11,13-15H,1-2H3. The topological polar surface area (TPSA) is 94.5 Å². The molecule has 0 aromatic heterocycles. The van der Waals surface area contributed by atoms with Gasteiger partial charge >= 0.3 is 5.97 Å². The van der Waals surface area contributed by atoms with Crippen LogP contribution in [0.3, 0.4) is 0 Å². The van der Waals surface area contributed by atoms with Crippen molar-refractivity contribution in [3.05, 3.63) is 35.4 Å². The minimum absolute atomic E-state index is 0.196. The number of hydrogen-bond acceptors (Lipinski definition) is 7. The molecule has 2 amide bonds. The smallest absolute Gasteiger partial charge is 0.337 e. The average Bonchev–Trinajstić information content (AvgIpc) is 3.39. The van der Waals surface area contributed by atoms with E-state index < -0.39 is 30.0 Å². The third kappa shape index (κ3) is 1.77. The number of ether oxygens (including phenoxy) is 2. The molecule has 6 unspecified atom stereocenters. The minimum atomic E-state index is -0.477.